The van der Waals surface area contributed by atoms with Crippen molar-refractivity contribution in [2.45, 2.75) is 25.7 Å². The van der Waals surface area contributed by atoms with Crippen LogP contribution in [-0.4, -0.2) is 39.1 Å². The molecule has 0 amide bonds. The summed E-state index contributed by atoms with van der Waals surface area (Å²) in [5.74, 6) is 0. The minimum Gasteiger partial charge on any atom is -0.394 e. The third kappa shape index (κ3) is 3.52. The fourth-order valence-electron chi connectivity index (χ4n) is 1.34. The van der Waals surface area contributed by atoms with Crippen molar-refractivity contribution in [1.29, 1.82) is 0 Å². The van der Waals surface area contributed by atoms with Crippen molar-refractivity contribution >= 4 is 0 Å². The number of hydrogen-bond acceptors (Lipinski definition) is 5. The van der Waals surface area contributed by atoms with Gasteiger partial charge in [-0.25, -0.2) is 4.79 Å². The smallest absolute Gasteiger partial charge is 0.330 e. The highest BCUT2D eigenvalue weighted by molar-refractivity contribution is 4.84. The van der Waals surface area contributed by atoms with Crippen LogP contribution in [-0.2, 0) is 4.74 Å². The summed E-state index contributed by atoms with van der Waals surface area (Å²) < 4.78 is 6.41. The number of aliphatic hydroxyl groups excluding tert-OH is 2. The molecule has 0 aliphatic rings. The lowest BCUT2D eigenvalue weighted by atomic mass is 10.3. The Hall–Kier alpha value is -1.44. The van der Waals surface area contributed by atoms with Gasteiger partial charge in [0.15, 0.2) is 6.23 Å². The van der Waals surface area contributed by atoms with E-state index in [1.165, 1.54) is 6.20 Å². The van der Waals surface area contributed by atoms with Gasteiger partial charge in [0.05, 0.1) is 19.3 Å². The van der Waals surface area contributed by atoms with Crippen molar-refractivity contribution in [3.63, 3.8) is 0 Å². The Kier molecular flexibility index (Phi) is 5.08. The quantitative estimate of drug-likeness (QED) is 0.584. The Morgan fingerprint density at radius 2 is 2.12 bits per heavy atom. The Morgan fingerprint density at radius 1 is 1.41 bits per heavy atom. The Labute approximate surface area is 97.3 Å². The van der Waals surface area contributed by atoms with Gasteiger partial charge >= 0.3 is 5.69 Å². The maximum absolute atomic E-state index is 11.5. The molecule has 0 fully saturated rings. The van der Waals surface area contributed by atoms with Crippen molar-refractivity contribution in [2.24, 2.45) is 0 Å². The summed E-state index contributed by atoms with van der Waals surface area (Å²) in [5, 5.41) is 18.1. The monoisotopic (exact) mass is 244 g/mol. The molecule has 0 aliphatic heterocycles. The maximum atomic E-state index is 11.5. The van der Waals surface area contributed by atoms with Crippen LogP contribution in [0.25, 0.3) is 0 Å². The zero-order valence-electron chi connectivity index (χ0n) is 9.50. The van der Waals surface area contributed by atoms with E-state index in [1.807, 2.05) is 6.92 Å². The highest BCUT2D eigenvalue weighted by atomic mass is 16.5. The molecule has 7 nitrogen and oxygen atoms in total. The summed E-state index contributed by atoms with van der Waals surface area (Å²) in [6.45, 7) is 1.18. The maximum Gasteiger partial charge on any atom is 0.330 e. The summed E-state index contributed by atoms with van der Waals surface area (Å²) in [5.41, 5.74) is -1.18. The number of aromatic nitrogens is 2. The average Bonchev–Trinajstić information content (AvgIpc) is 2.32. The molecule has 1 aromatic rings. The van der Waals surface area contributed by atoms with Gasteiger partial charge in [-0.05, 0) is 6.42 Å². The van der Waals surface area contributed by atoms with Crippen LogP contribution >= 0.6 is 0 Å². The van der Waals surface area contributed by atoms with Gasteiger partial charge < -0.3 is 14.9 Å². The van der Waals surface area contributed by atoms with Gasteiger partial charge in [0.2, 0.25) is 0 Å². The molecule has 0 aromatic carbocycles. The first kappa shape index (κ1) is 13.6. The topological polar surface area (TPSA) is 105 Å². The molecule has 0 aliphatic carbocycles. The number of aromatic amines is 1. The van der Waals surface area contributed by atoms with Crippen LogP contribution < -0.4 is 11.2 Å². The third-order valence-corrected chi connectivity index (χ3v) is 2.33. The molecule has 0 spiro atoms. The SMILES string of the molecule is CC[C@H](CO)O[C@H](CO)n1ccc(=O)[nH]c1=O. The predicted molar refractivity (Wildman–Crippen MR) is 59.7 cm³/mol. The number of nitrogens with zero attached hydrogens (tertiary/aromatic N) is 1. The lowest BCUT2D eigenvalue weighted by Gasteiger charge is -2.22. The molecule has 17 heavy (non-hydrogen) atoms. The number of hydrogen-bond donors (Lipinski definition) is 3. The molecule has 1 rings (SSSR count). The third-order valence-electron chi connectivity index (χ3n) is 2.33. The zero-order chi connectivity index (χ0) is 12.8. The van der Waals surface area contributed by atoms with Crippen LogP contribution in [0.4, 0.5) is 0 Å². The molecule has 7 heteroatoms. The normalized spacial score (nSPS) is 14.5. The van der Waals surface area contributed by atoms with Crippen molar-refractivity contribution in [3.05, 3.63) is 33.1 Å². The Bertz CT molecular complexity index is 448. The first-order chi connectivity index (χ1) is 8.12. The second-order valence-electron chi connectivity index (χ2n) is 3.50. The molecule has 0 bridgehead atoms. The molecule has 0 radical (unpaired) electrons. The Balaban J connectivity index is 2.93. The largest absolute Gasteiger partial charge is 0.394 e. The highest BCUT2D eigenvalue weighted by Crippen LogP contribution is 2.09. The summed E-state index contributed by atoms with van der Waals surface area (Å²) in [6.07, 6.45) is 0.402. The van der Waals surface area contributed by atoms with E-state index in [4.69, 9.17) is 14.9 Å². The summed E-state index contributed by atoms with van der Waals surface area (Å²) in [4.78, 5) is 24.4. The molecule has 96 valence electrons. The van der Waals surface area contributed by atoms with Crippen molar-refractivity contribution < 1.29 is 14.9 Å². The first-order valence-electron chi connectivity index (χ1n) is 5.31. The van der Waals surface area contributed by atoms with Crippen LogP contribution in [0.1, 0.15) is 19.6 Å². The van der Waals surface area contributed by atoms with E-state index in [2.05, 4.69) is 4.98 Å². The van der Waals surface area contributed by atoms with Gasteiger partial charge in [0.25, 0.3) is 5.56 Å². The summed E-state index contributed by atoms with van der Waals surface area (Å²) in [7, 11) is 0. The van der Waals surface area contributed by atoms with E-state index < -0.39 is 30.2 Å². The minimum atomic E-state index is -0.920. The fraction of sp³-hybridized carbons (Fsp3) is 0.600. The van der Waals surface area contributed by atoms with Gasteiger partial charge in [-0.15, -0.1) is 0 Å². The van der Waals surface area contributed by atoms with E-state index in [0.717, 1.165) is 10.6 Å². The second kappa shape index (κ2) is 6.33. The van der Waals surface area contributed by atoms with E-state index in [9.17, 15) is 9.59 Å². The molecule has 1 aromatic heterocycles. The van der Waals surface area contributed by atoms with E-state index >= 15 is 0 Å². The van der Waals surface area contributed by atoms with Crippen molar-refractivity contribution in [2.75, 3.05) is 13.2 Å². The van der Waals surface area contributed by atoms with E-state index in [0.29, 0.717) is 6.42 Å². The van der Waals surface area contributed by atoms with Crippen LogP contribution in [0, 0.1) is 0 Å². The van der Waals surface area contributed by atoms with Crippen LogP contribution in [0.2, 0.25) is 0 Å². The van der Waals surface area contributed by atoms with Gasteiger partial charge in [0, 0.05) is 12.3 Å². The lowest BCUT2D eigenvalue weighted by Crippen LogP contribution is -2.36. The first-order valence-corrected chi connectivity index (χ1v) is 5.31. The lowest BCUT2D eigenvalue weighted by molar-refractivity contribution is -0.0991. The molecule has 3 N–H and O–H groups in total. The summed E-state index contributed by atoms with van der Waals surface area (Å²) >= 11 is 0. The Morgan fingerprint density at radius 3 is 2.59 bits per heavy atom. The molecule has 0 saturated heterocycles. The molecular weight excluding hydrogens is 228 g/mol. The number of H-pyrrole nitrogens is 1. The average molecular weight is 244 g/mol. The molecule has 0 unspecified atom stereocenters. The number of ether oxygens (including phenoxy) is 1. The van der Waals surface area contributed by atoms with Crippen LogP contribution in [0.15, 0.2) is 21.9 Å². The van der Waals surface area contributed by atoms with Gasteiger partial charge in [-0.2, -0.15) is 0 Å². The van der Waals surface area contributed by atoms with E-state index in [1.54, 1.807) is 0 Å². The number of nitrogens with one attached hydrogen (secondary N) is 1. The van der Waals surface area contributed by atoms with Gasteiger partial charge in [0.1, 0.15) is 0 Å². The molecule has 0 saturated carbocycles. The van der Waals surface area contributed by atoms with Crippen molar-refractivity contribution in [3.8, 4) is 0 Å². The minimum absolute atomic E-state index is 0.203. The second-order valence-corrected chi connectivity index (χ2v) is 3.50. The van der Waals surface area contributed by atoms with Crippen LogP contribution in [0.5, 0.6) is 0 Å². The molecular formula is C10H16N2O5. The van der Waals surface area contributed by atoms with Crippen molar-refractivity contribution in [1.82, 2.24) is 9.55 Å². The standard InChI is InChI=1S/C10H16N2O5/c1-2-7(5-13)17-9(6-14)12-4-3-8(15)11-10(12)16/h3-4,7,9,13-14H,2,5-6H2,1H3,(H,11,15,16)/t7-,9-/m1/s1. The zero-order valence-corrected chi connectivity index (χ0v) is 9.50. The fourth-order valence-corrected chi connectivity index (χ4v) is 1.34. The molecule has 2 atom stereocenters. The van der Waals surface area contributed by atoms with Gasteiger partial charge in [-0.1, -0.05) is 6.92 Å². The predicted octanol–water partition coefficient (Wildman–Crippen LogP) is -1.19. The molecule has 1 heterocycles. The van der Waals surface area contributed by atoms with Gasteiger partial charge in [-0.3, -0.25) is 14.3 Å². The number of rotatable bonds is 6. The van der Waals surface area contributed by atoms with E-state index in [-0.39, 0.29) is 6.61 Å². The highest BCUT2D eigenvalue weighted by Gasteiger charge is 2.16. The number of aliphatic hydroxyl groups is 2. The van der Waals surface area contributed by atoms with Crippen LogP contribution in [0.3, 0.4) is 0 Å². The summed E-state index contributed by atoms with van der Waals surface area (Å²) in [6, 6.07) is 1.16.